The van der Waals surface area contributed by atoms with Gasteiger partial charge in [0.1, 0.15) is 6.10 Å². The minimum Gasteiger partial charge on any atom is -0.384 e. The molecule has 0 saturated heterocycles. The van der Waals surface area contributed by atoms with Crippen molar-refractivity contribution < 1.29 is 29.4 Å². The van der Waals surface area contributed by atoms with E-state index in [0.29, 0.717) is 6.42 Å². The van der Waals surface area contributed by atoms with Crippen molar-refractivity contribution in [3.8, 4) is 0 Å². The van der Waals surface area contributed by atoms with Crippen molar-refractivity contribution in [1.29, 1.82) is 0 Å². The maximum atomic E-state index is 10.1. The smallest absolute Gasteiger partial charge is 0.214 e. The minimum atomic E-state index is -0.858. The Labute approximate surface area is 73.2 Å². The van der Waals surface area contributed by atoms with Crippen LogP contribution in [0.15, 0.2) is 0 Å². The van der Waals surface area contributed by atoms with Gasteiger partial charge in [-0.25, -0.2) is 0 Å². The maximum absolute atomic E-state index is 10.1. The summed E-state index contributed by atoms with van der Waals surface area (Å²) in [4.78, 5) is 10.1. The van der Waals surface area contributed by atoms with E-state index in [1.54, 1.807) is 0 Å². The Morgan fingerprint density at radius 1 is 1.78 bits per heavy atom. The first-order chi connectivity index (χ1) is 3.68. The van der Waals surface area contributed by atoms with Crippen molar-refractivity contribution in [2.75, 3.05) is 0 Å². The fourth-order valence-electron chi connectivity index (χ4n) is 0.397. The van der Waals surface area contributed by atoms with Crippen molar-refractivity contribution in [3.63, 3.8) is 0 Å². The Kier molecular flexibility index (Phi) is 9.18. The Bertz CT molecular complexity index is 87.0. The minimum absolute atomic E-state index is 0. The van der Waals surface area contributed by atoms with Gasteiger partial charge in [0.05, 0.1) is 0 Å². The van der Waals surface area contributed by atoms with Crippen molar-refractivity contribution in [2.45, 2.75) is 25.9 Å². The van der Waals surface area contributed by atoms with Gasteiger partial charge in [-0.05, 0) is 6.42 Å². The third kappa shape index (κ3) is 6.49. The van der Waals surface area contributed by atoms with Crippen molar-refractivity contribution >= 4 is 17.7 Å². The van der Waals surface area contributed by atoms with Crippen LogP contribution in [0.25, 0.3) is 0 Å². The van der Waals surface area contributed by atoms with E-state index in [9.17, 15) is 4.79 Å². The average Bonchev–Trinajstić information content (AvgIpc) is 1.67. The Balaban J connectivity index is 0. The molecule has 0 heterocycles. The second kappa shape index (κ2) is 6.72. The summed E-state index contributed by atoms with van der Waals surface area (Å²) in [6.45, 7) is 1.90. The molecule has 0 aromatic carbocycles. The average molecular weight is 200 g/mol. The molecule has 0 amide bonds. The van der Waals surface area contributed by atoms with E-state index < -0.39 is 11.2 Å². The molecule has 0 aliphatic heterocycles. The summed E-state index contributed by atoms with van der Waals surface area (Å²) in [7, 11) is 0. The van der Waals surface area contributed by atoms with Gasteiger partial charge < -0.3 is 5.11 Å². The van der Waals surface area contributed by atoms with E-state index in [0.717, 1.165) is 6.42 Å². The number of aliphatic hydroxyl groups is 1. The van der Waals surface area contributed by atoms with E-state index >= 15 is 0 Å². The van der Waals surface area contributed by atoms with E-state index in [1.165, 1.54) is 0 Å². The van der Waals surface area contributed by atoms with Crippen LogP contribution in [-0.2, 0) is 24.3 Å². The van der Waals surface area contributed by atoms with Gasteiger partial charge in [0.25, 0.3) is 0 Å². The molecule has 0 fully saturated rings. The topological polar surface area (TPSA) is 37.3 Å². The molecule has 0 aliphatic rings. The third-order valence-electron chi connectivity index (χ3n) is 0.847. The zero-order chi connectivity index (χ0) is 6.57. The van der Waals surface area contributed by atoms with Crippen LogP contribution < -0.4 is 0 Å². The van der Waals surface area contributed by atoms with Crippen LogP contribution >= 0.6 is 12.6 Å². The summed E-state index contributed by atoms with van der Waals surface area (Å²) in [5.41, 5.74) is 0. The van der Waals surface area contributed by atoms with Crippen LogP contribution in [0.3, 0.4) is 0 Å². The fraction of sp³-hybridized carbons (Fsp3) is 0.800. The van der Waals surface area contributed by atoms with Crippen LogP contribution in [-0.4, -0.2) is 16.3 Å². The monoisotopic (exact) mass is 198 g/mol. The molecule has 0 rings (SSSR count). The van der Waals surface area contributed by atoms with Gasteiger partial charge >= 0.3 is 0 Å². The molecule has 4 heteroatoms. The summed E-state index contributed by atoms with van der Waals surface area (Å²) in [6.07, 6.45) is 0.471. The Hall–Kier alpha value is 0.603. The van der Waals surface area contributed by atoms with Crippen molar-refractivity contribution in [1.82, 2.24) is 0 Å². The molecule has 0 aromatic heterocycles. The predicted octanol–water partition coefficient (Wildman–Crippen LogP) is 0.601. The maximum Gasteiger partial charge on any atom is 0.214 e. The van der Waals surface area contributed by atoms with Gasteiger partial charge in [-0.2, -0.15) is 0 Å². The number of carbonyl (C=O) groups excluding carboxylic acids is 1. The molecule has 0 spiro atoms. The Morgan fingerprint density at radius 3 is 2.33 bits per heavy atom. The molecular formula is C5H10O2SZn. The second-order valence-corrected chi connectivity index (χ2v) is 2.08. The van der Waals surface area contributed by atoms with E-state index in [2.05, 4.69) is 12.6 Å². The van der Waals surface area contributed by atoms with E-state index in [4.69, 9.17) is 5.11 Å². The quantitative estimate of drug-likeness (QED) is 0.516. The van der Waals surface area contributed by atoms with Gasteiger partial charge in [-0.1, -0.05) is 13.3 Å². The summed E-state index contributed by atoms with van der Waals surface area (Å²) < 4.78 is 0. The van der Waals surface area contributed by atoms with Crippen LogP contribution in [0.2, 0.25) is 0 Å². The van der Waals surface area contributed by atoms with Crippen LogP contribution in [0.5, 0.6) is 0 Å². The van der Waals surface area contributed by atoms with Crippen LogP contribution in [0.1, 0.15) is 19.8 Å². The first-order valence-electron chi connectivity index (χ1n) is 2.59. The molecule has 0 aliphatic carbocycles. The number of rotatable bonds is 3. The molecule has 1 unspecified atom stereocenters. The van der Waals surface area contributed by atoms with E-state index in [-0.39, 0.29) is 19.5 Å². The number of carbonyl (C=O) groups is 1. The van der Waals surface area contributed by atoms with Crippen LogP contribution in [0, 0.1) is 0 Å². The van der Waals surface area contributed by atoms with Gasteiger partial charge in [0, 0.05) is 19.5 Å². The van der Waals surface area contributed by atoms with Gasteiger partial charge in [-0.3, -0.25) is 4.79 Å². The number of hydrogen-bond donors (Lipinski definition) is 2. The van der Waals surface area contributed by atoms with Crippen molar-refractivity contribution in [2.24, 2.45) is 0 Å². The first-order valence-corrected chi connectivity index (χ1v) is 3.04. The number of thiol groups is 1. The summed E-state index contributed by atoms with van der Waals surface area (Å²) in [5.74, 6) is 0. The molecule has 9 heavy (non-hydrogen) atoms. The SMILES string of the molecule is CCCC(O)C(=O)S.[Zn]. The first kappa shape index (κ1) is 12.3. The molecule has 0 radical (unpaired) electrons. The summed E-state index contributed by atoms with van der Waals surface area (Å²) in [6, 6.07) is 0. The van der Waals surface area contributed by atoms with Gasteiger partial charge in [0.15, 0.2) is 0 Å². The molecule has 0 bridgehead atoms. The molecular weight excluding hydrogens is 190 g/mol. The predicted molar refractivity (Wildman–Crippen MR) is 34.9 cm³/mol. The molecule has 0 aromatic rings. The fourth-order valence-corrected chi connectivity index (χ4v) is 0.526. The largest absolute Gasteiger partial charge is 0.384 e. The summed E-state index contributed by atoms with van der Waals surface area (Å²) in [5, 5.41) is 8.26. The normalized spacial score (nSPS) is 11.9. The zero-order valence-electron chi connectivity index (χ0n) is 5.50. The molecule has 1 N–H and O–H groups in total. The molecule has 50 valence electrons. The second-order valence-electron chi connectivity index (χ2n) is 1.64. The molecule has 2 nitrogen and oxygen atoms in total. The molecule has 0 saturated carbocycles. The standard InChI is InChI=1S/C5H10O2S.Zn/c1-2-3-4(6)5(7)8;/h4,6H,2-3H2,1H3,(H,7,8);. The zero-order valence-corrected chi connectivity index (χ0v) is 9.36. The summed E-state index contributed by atoms with van der Waals surface area (Å²) >= 11 is 3.44. The molecule has 1 atom stereocenters. The number of aliphatic hydroxyl groups excluding tert-OH is 1. The van der Waals surface area contributed by atoms with Crippen molar-refractivity contribution in [3.05, 3.63) is 0 Å². The third-order valence-corrected chi connectivity index (χ3v) is 1.15. The van der Waals surface area contributed by atoms with Gasteiger partial charge in [-0.15, -0.1) is 12.6 Å². The Morgan fingerprint density at radius 2 is 2.22 bits per heavy atom. The van der Waals surface area contributed by atoms with E-state index in [1.807, 2.05) is 6.92 Å². The number of hydrogen-bond acceptors (Lipinski definition) is 2. The van der Waals surface area contributed by atoms with Gasteiger partial charge in [0.2, 0.25) is 5.12 Å². The van der Waals surface area contributed by atoms with Crippen LogP contribution in [0.4, 0.5) is 0 Å².